The average Bonchev–Trinajstić information content (AvgIpc) is 3.00. The van der Waals surface area contributed by atoms with E-state index >= 15 is 0 Å². The van der Waals surface area contributed by atoms with E-state index in [2.05, 4.69) is 55.9 Å². The van der Waals surface area contributed by atoms with E-state index in [1.807, 2.05) is 12.5 Å². The van der Waals surface area contributed by atoms with Gasteiger partial charge in [-0.05, 0) is 37.6 Å². The summed E-state index contributed by atoms with van der Waals surface area (Å²) in [5, 5.41) is 3.41. The summed E-state index contributed by atoms with van der Waals surface area (Å²) >= 11 is 3.54. The zero-order valence-electron chi connectivity index (χ0n) is 10.4. The number of aromatic nitrogens is 2. The molecule has 1 fully saturated rings. The fraction of sp³-hybridized carbons (Fsp3) is 0.357. The van der Waals surface area contributed by atoms with Gasteiger partial charge in [-0.2, -0.15) is 0 Å². The number of aryl methyl sites for hydroxylation is 1. The molecular weight excluding hydrogens is 290 g/mol. The highest BCUT2D eigenvalue weighted by atomic mass is 79.9. The van der Waals surface area contributed by atoms with E-state index in [-0.39, 0.29) is 0 Å². The molecule has 0 saturated carbocycles. The molecule has 1 aliphatic heterocycles. The molecule has 4 heteroatoms. The van der Waals surface area contributed by atoms with Gasteiger partial charge in [0, 0.05) is 28.8 Å². The quantitative estimate of drug-likeness (QED) is 0.924. The van der Waals surface area contributed by atoms with Crippen molar-refractivity contribution in [3.63, 3.8) is 0 Å². The maximum absolute atomic E-state index is 4.33. The van der Waals surface area contributed by atoms with Crippen molar-refractivity contribution in [2.24, 2.45) is 0 Å². The van der Waals surface area contributed by atoms with Crippen LogP contribution >= 0.6 is 15.9 Å². The second-order valence-corrected chi connectivity index (χ2v) is 5.72. The van der Waals surface area contributed by atoms with Gasteiger partial charge in [0.2, 0.25) is 0 Å². The lowest BCUT2D eigenvalue weighted by molar-refractivity contribution is 0.712. The van der Waals surface area contributed by atoms with Crippen molar-refractivity contribution < 1.29 is 0 Å². The Hall–Kier alpha value is -1.13. The molecule has 0 radical (unpaired) electrons. The molecule has 2 heterocycles. The molecule has 0 amide bonds. The monoisotopic (exact) mass is 305 g/mol. The van der Waals surface area contributed by atoms with Crippen molar-refractivity contribution in [2.45, 2.75) is 19.3 Å². The van der Waals surface area contributed by atoms with Crippen LogP contribution in [0.4, 0.5) is 0 Å². The van der Waals surface area contributed by atoms with Gasteiger partial charge in [-0.3, -0.25) is 0 Å². The Labute approximate surface area is 115 Å². The third-order valence-electron chi connectivity index (χ3n) is 3.58. The lowest BCUT2D eigenvalue weighted by Gasteiger charge is -2.15. The fourth-order valence-corrected chi connectivity index (χ4v) is 2.91. The van der Waals surface area contributed by atoms with Crippen molar-refractivity contribution in [1.29, 1.82) is 0 Å². The lowest BCUT2D eigenvalue weighted by Crippen LogP contribution is -2.11. The third-order valence-corrected chi connectivity index (χ3v) is 4.07. The Balaban J connectivity index is 2.06. The van der Waals surface area contributed by atoms with Gasteiger partial charge in [0.1, 0.15) is 0 Å². The number of rotatable bonds is 2. The molecule has 18 heavy (non-hydrogen) atoms. The van der Waals surface area contributed by atoms with Gasteiger partial charge in [0.15, 0.2) is 0 Å². The van der Waals surface area contributed by atoms with Gasteiger partial charge in [0.25, 0.3) is 0 Å². The van der Waals surface area contributed by atoms with Crippen molar-refractivity contribution in [3.8, 4) is 5.69 Å². The van der Waals surface area contributed by atoms with Gasteiger partial charge >= 0.3 is 0 Å². The number of hydrogen-bond acceptors (Lipinski definition) is 2. The first-order chi connectivity index (χ1) is 8.75. The SMILES string of the molecule is Cc1ccc(Br)cc1-n1cncc1C1CCNC1. The number of halogens is 1. The van der Waals surface area contributed by atoms with Crippen molar-refractivity contribution >= 4 is 15.9 Å². The van der Waals surface area contributed by atoms with Crippen molar-refractivity contribution in [3.05, 3.63) is 46.5 Å². The first-order valence-electron chi connectivity index (χ1n) is 6.25. The lowest BCUT2D eigenvalue weighted by atomic mass is 10.0. The average molecular weight is 306 g/mol. The first-order valence-corrected chi connectivity index (χ1v) is 7.04. The molecule has 1 aromatic carbocycles. The van der Waals surface area contributed by atoms with Crippen LogP contribution in [-0.4, -0.2) is 22.6 Å². The Kier molecular flexibility index (Phi) is 3.22. The van der Waals surface area contributed by atoms with Crippen LogP contribution < -0.4 is 5.32 Å². The summed E-state index contributed by atoms with van der Waals surface area (Å²) in [7, 11) is 0. The summed E-state index contributed by atoms with van der Waals surface area (Å²) in [6.07, 6.45) is 5.11. The number of nitrogens with one attached hydrogen (secondary N) is 1. The van der Waals surface area contributed by atoms with E-state index in [1.54, 1.807) is 0 Å². The van der Waals surface area contributed by atoms with E-state index in [4.69, 9.17) is 0 Å². The minimum atomic E-state index is 0.575. The zero-order valence-corrected chi connectivity index (χ0v) is 11.9. The van der Waals surface area contributed by atoms with Crippen LogP contribution in [0.5, 0.6) is 0 Å². The topological polar surface area (TPSA) is 29.9 Å². The van der Waals surface area contributed by atoms with E-state index < -0.39 is 0 Å². The molecule has 1 saturated heterocycles. The Morgan fingerprint density at radius 1 is 1.44 bits per heavy atom. The van der Waals surface area contributed by atoms with Crippen LogP contribution in [0.3, 0.4) is 0 Å². The second kappa shape index (κ2) is 4.86. The summed E-state index contributed by atoms with van der Waals surface area (Å²) in [5.41, 5.74) is 3.79. The van der Waals surface area contributed by atoms with E-state index in [0.717, 1.165) is 17.6 Å². The predicted molar refractivity (Wildman–Crippen MR) is 76.2 cm³/mol. The van der Waals surface area contributed by atoms with Gasteiger partial charge in [0.05, 0.1) is 12.0 Å². The van der Waals surface area contributed by atoms with E-state index in [1.165, 1.54) is 23.4 Å². The molecule has 94 valence electrons. The minimum absolute atomic E-state index is 0.575. The van der Waals surface area contributed by atoms with Gasteiger partial charge < -0.3 is 9.88 Å². The van der Waals surface area contributed by atoms with Gasteiger partial charge in [-0.15, -0.1) is 0 Å². The molecule has 1 aliphatic rings. The smallest absolute Gasteiger partial charge is 0.0994 e. The number of imidazole rings is 1. The van der Waals surface area contributed by atoms with Crippen LogP contribution in [-0.2, 0) is 0 Å². The largest absolute Gasteiger partial charge is 0.316 e. The van der Waals surface area contributed by atoms with Crippen LogP contribution in [0.2, 0.25) is 0 Å². The van der Waals surface area contributed by atoms with Crippen LogP contribution in [0, 0.1) is 6.92 Å². The van der Waals surface area contributed by atoms with Crippen molar-refractivity contribution in [2.75, 3.05) is 13.1 Å². The zero-order chi connectivity index (χ0) is 12.5. The summed E-state index contributed by atoms with van der Waals surface area (Å²) in [4.78, 5) is 4.33. The number of benzene rings is 1. The maximum atomic E-state index is 4.33. The molecule has 0 aliphatic carbocycles. The van der Waals surface area contributed by atoms with E-state index in [9.17, 15) is 0 Å². The molecule has 3 rings (SSSR count). The molecule has 0 bridgehead atoms. The standard InChI is InChI=1S/C14H16BrN3/c1-10-2-3-12(15)6-13(10)18-9-17-8-14(18)11-4-5-16-7-11/h2-3,6,8-9,11,16H,4-5,7H2,1H3. The molecular formula is C14H16BrN3. The third kappa shape index (κ3) is 2.10. The molecule has 1 N–H and O–H groups in total. The van der Waals surface area contributed by atoms with Gasteiger partial charge in [-0.1, -0.05) is 22.0 Å². The summed E-state index contributed by atoms with van der Waals surface area (Å²) in [6.45, 7) is 4.30. The highest BCUT2D eigenvalue weighted by Gasteiger charge is 2.21. The Bertz CT molecular complexity index is 556. The molecule has 3 nitrogen and oxygen atoms in total. The maximum Gasteiger partial charge on any atom is 0.0994 e. The predicted octanol–water partition coefficient (Wildman–Crippen LogP) is 3.02. The van der Waals surface area contributed by atoms with E-state index in [0.29, 0.717) is 5.92 Å². The Morgan fingerprint density at radius 3 is 3.11 bits per heavy atom. The highest BCUT2D eigenvalue weighted by molar-refractivity contribution is 9.10. The van der Waals surface area contributed by atoms with Crippen LogP contribution in [0.15, 0.2) is 35.2 Å². The van der Waals surface area contributed by atoms with Crippen LogP contribution in [0.1, 0.15) is 23.6 Å². The summed E-state index contributed by atoms with van der Waals surface area (Å²) in [5.74, 6) is 0.575. The number of hydrogen-bond donors (Lipinski definition) is 1. The summed E-state index contributed by atoms with van der Waals surface area (Å²) < 4.78 is 3.32. The summed E-state index contributed by atoms with van der Waals surface area (Å²) in [6, 6.07) is 6.37. The molecule has 1 aromatic heterocycles. The molecule has 0 spiro atoms. The fourth-order valence-electron chi connectivity index (χ4n) is 2.56. The normalized spacial score (nSPS) is 19.3. The molecule has 2 aromatic rings. The van der Waals surface area contributed by atoms with Crippen LogP contribution in [0.25, 0.3) is 5.69 Å². The molecule has 1 unspecified atom stereocenters. The minimum Gasteiger partial charge on any atom is -0.316 e. The second-order valence-electron chi connectivity index (χ2n) is 4.81. The van der Waals surface area contributed by atoms with Crippen molar-refractivity contribution in [1.82, 2.24) is 14.9 Å². The first kappa shape index (κ1) is 11.9. The number of nitrogens with zero attached hydrogens (tertiary/aromatic N) is 2. The Morgan fingerprint density at radius 2 is 2.33 bits per heavy atom. The highest BCUT2D eigenvalue weighted by Crippen LogP contribution is 2.27. The van der Waals surface area contributed by atoms with Gasteiger partial charge in [-0.25, -0.2) is 4.98 Å². The molecule has 1 atom stereocenters.